The van der Waals surface area contributed by atoms with Gasteiger partial charge in [0.2, 0.25) is 5.91 Å². The molecule has 1 amide bonds. The molecule has 24 heavy (non-hydrogen) atoms. The van der Waals surface area contributed by atoms with Crippen molar-refractivity contribution in [3.05, 3.63) is 29.8 Å². The molecule has 1 aliphatic rings. The van der Waals surface area contributed by atoms with Crippen molar-refractivity contribution in [2.45, 2.75) is 39.2 Å². The first-order chi connectivity index (χ1) is 11.1. The van der Waals surface area contributed by atoms with Crippen molar-refractivity contribution in [3.8, 4) is 0 Å². The molecule has 0 aliphatic carbocycles. The Kier molecular flexibility index (Phi) is 8.97. The average molecular weight is 354 g/mol. The van der Waals surface area contributed by atoms with E-state index in [0.717, 1.165) is 38.9 Å². The van der Waals surface area contributed by atoms with E-state index >= 15 is 0 Å². The summed E-state index contributed by atoms with van der Waals surface area (Å²) in [5.41, 5.74) is 1.16. The maximum Gasteiger partial charge on any atom is 0.238 e. The van der Waals surface area contributed by atoms with Gasteiger partial charge in [0.05, 0.1) is 12.2 Å². The highest BCUT2D eigenvalue weighted by Crippen LogP contribution is 2.17. The zero-order valence-electron chi connectivity index (χ0n) is 14.5. The normalized spacial score (nSPS) is 15.0. The fourth-order valence-electron chi connectivity index (χ4n) is 3.12. The van der Waals surface area contributed by atoms with E-state index in [4.69, 9.17) is 0 Å². The summed E-state index contributed by atoms with van der Waals surface area (Å²) in [4.78, 5) is 26.4. The molecule has 1 aromatic rings. The van der Waals surface area contributed by atoms with Gasteiger partial charge in [0, 0.05) is 11.6 Å². The average Bonchev–Trinajstić information content (AvgIpc) is 2.55. The number of para-hydroxylation sites is 1. The molecule has 1 aliphatic heterocycles. The quantitative estimate of drug-likeness (QED) is 0.740. The third-order valence-electron chi connectivity index (χ3n) is 4.26. The number of amides is 1. The molecular weight excluding hydrogens is 326 g/mol. The number of carbonyl (C=O) groups excluding carboxylic acids is 2. The Labute approximate surface area is 150 Å². The molecule has 1 heterocycles. The third kappa shape index (κ3) is 5.89. The topological polar surface area (TPSA) is 61.4 Å². The highest BCUT2D eigenvalue weighted by atomic mass is 35.5. The fraction of sp³-hybridized carbons (Fsp3) is 0.556. The summed E-state index contributed by atoms with van der Waals surface area (Å²) < 4.78 is 0. The van der Waals surface area contributed by atoms with E-state index in [1.807, 2.05) is 12.1 Å². The Morgan fingerprint density at radius 2 is 1.92 bits per heavy atom. The molecule has 1 saturated heterocycles. The summed E-state index contributed by atoms with van der Waals surface area (Å²) in [5.74, 6) is -0.0876. The summed E-state index contributed by atoms with van der Waals surface area (Å²) in [7, 11) is 0. The number of rotatable bonds is 7. The van der Waals surface area contributed by atoms with Gasteiger partial charge >= 0.3 is 0 Å². The van der Waals surface area contributed by atoms with E-state index in [-0.39, 0.29) is 24.1 Å². The van der Waals surface area contributed by atoms with E-state index < -0.39 is 0 Å². The van der Waals surface area contributed by atoms with Gasteiger partial charge < -0.3 is 10.6 Å². The van der Waals surface area contributed by atoms with Crippen LogP contribution in [0.2, 0.25) is 0 Å². The number of halogens is 1. The van der Waals surface area contributed by atoms with Gasteiger partial charge in [-0.05, 0) is 58.0 Å². The number of piperidine rings is 1. The van der Waals surface area contributed by atoms with Crippen LogP contribution in [-0.2, 0) is 4.79 Å². The summed E-state index contributed by atoms with van der Waals surface area (Å²) in [6.07, 6.45) is 3.19. The van der Waals surface area contributed by atoms with Crippen molar-refractivity contribution in [2.75, 3.05) is 31.5 Å². The lowest BCUT2D eigenvalue weighted by molar-refractivity contribution is -0.118. The zero-order valence-corrected chi connectivity index (χ0v) is 15.3. The first kappa shape index (κ1) is 20.6. The molecule has 0 bridgehead atoms. The van der Waals surface area contributed by atoms with Crippen LogP contribution in [0, 0.1) is 0 Å². The molecule has 5 nitrogen and oxygen atoms in total. The molecule has 0 atom stereocenters. The van der Waals surface area contributed by atoms with Gasteiger partial charge in [-0.3, -0.25) is 14.5 Å². The monoisotopic (exact) mass is 353 g/mol. The first-order valence-electron chi connectivity index (χ1n) is 8.46. The number of hydrogen-bond acceptors (Lipinski definition) is 4. The molecule has 1 fully saturated rings. The molecule has 134 valence electrons. The lowest BCUT2D eigenvalue weighted by atomic mass is 10.0. The van der Waals surface area contributed by atoms with Crippen molar-refractivity contribution in [1.29, 1.82) is 0 Å². The number of hydrogen-bond donors (Lipinski definition) is 2. The molecule has 0 spiro atoms. The van der Waals surface area contributed by atoms with Gasteiger partial charge in [0.1, 0.15) is 0 Å². The molecule has 6 heteroatoms. The van der Waals surface area contributed by atoms with Crippen molar-refractivity contribution in [3.63, 3.8) is 0 Å². The van der Waals surface area contributed by atoms with Crippen LogP contribution in [0.1, 0.15) is 43.5 Å². The number of benzene rings is 1. The lowest BCUT2D eigenvalue weighted by Crippen LogP contribution is -2.46. The van der Waals surface area contributed by atoms with Gasteiger partial charge in [-0.25, -0.2) is 0 Å². The van der Waals surface area contributed by atoms with Crippen LogP contribution in [0.5, 0.6) is 0 Å². The molecule has 0 unspecified atom stereocenters. The van der Waals surface area contributed by atoms with Crippen LogP contribution >= 0.6 is 12.4 Å². The molecular formula is C18H28ClN3O2. The minimum Gasteiger partial charge on any atom is -0.324 e. The number of anilines is 1. The highest BCUT2D eigenvalue weighted by Gasteiger charge is 2.22. The molecule has 0 saturated carbocycles. The Balaban J connectivity index is 0.00000288. The minimum atomic E-state index is -0.0503. The maximum atomic E-state index is 12.4. The summed E-state index contributed by atoms with van der Waals surface area (Å²) in [5, 5.41) is 6.26. The van der Waals surface area contributed by atoms with Crippen LogP contribution in [0.4, 0.5) is 5.69 Å². The van der Waals surface area contributed by atoms with E-state index in [9.17, 15) is 9.59 Å². The number of nitrogens with zero attached hydrogens (tertiary/aromatic N) is 1. The van der Waals surface area contributed by atoms with Gasteiger partial charge in [0.15, 0.2) is 5.78 Å². The van der Waals surface area contributed by atoms with Gasteiger partial charge in [-0.15, -0.1) is 12.4 Å². The second-order valence-electron chi connectivity index (χ2n) is 6.10. The third-order valence-corrected chi connectivity index (χ3v) is 4.26. The maximum absolute atomic E-state index is 12.4. The number of carbonyl (C=O) groups is 2. The summed E-state index contributed by atoms with van der Waals surface area (Å²) in [6, 6.07) is 7.63. The van der Waals surface area contributed by atoms with Gasteiger partial charge in [0.25, 0.3) is 0 Å². The van der Waals surface area contributed by atoms with Crippen LogP contribution in [0.25, 0.3) is 0 Å². The summed E-state index contributed by atoms with van der Waals surface area (Å²) >= 11 is 0. The van der Waals surface area contributed by atoms with Gasteiger partial charge in [-0.1, -0.05) is 19.1 Å². The van der Waals surface area contributed by atoms with Crippen molar-refractivity contribution in [2.24, 2.45) is 0 Å². The largest absolute Gasteiger partial charge is 0.324 e. The Morgan fingerprint density at radius 1 is 1.25 bits per heavy atom. The standard InChI is InChI=1S/C18H27N3O2.ClH/c1-3-12-21(15-8-10-19-11-9-15)13-18(23)20-17-7-5-4-6-16(17)14(2)22;/h4-7,15,19H,3,8-13H2,1-2H3,(H,20,23);1H. The second kappa shape index (κ2) is 10.4. The van der Waals surface area contributed by atoms with Crippen LogP contribution < -0.4 is 10.6 Å². The van der Waals surface area contributed by atoms with Crippen molar-refractivity contribution in [1.82, 2.24) is 10.2 Å². The number of nitrogens with one attached hydrogen (secondary N) is 2. The fourth-order valence-corrected chi connectivity index (χ4v) is 3.12. The van der Waals surface area contributed by atoms with Crippen LogP contribution in [0.3, 0.4) is 0 Å². The van der Waals surface area contributed by atoms with E-state index in [2.05, 4.69) is 22.5 Å². The minimum absolute atomic E-state index is 0. The Hall–Kier alpha value is -1.43. The van der Waals surface area contributed by atoms with Crippen LogP contribution in [-0.4, -0.2) is 48.8 Å². The van der Waals surface area contributed by atoms with E-state index in [1.54, 1.807) is 12.1 Å². The Bertz CT molecular complexity index is 545. The molecule has 1 aromatic carbocycles. The first-order valence-corrected chi connectivity index (χ1v) is 8.46. The smallest absolute Gasteiger partial charge is 0.238 e. The summed E-state index contributed by atoms with van der Waals surface area (Å²) in [6.45, 7) is 6.98. The predicted octanol–water partition coefficient (Wildman–Crippen LogP) is 2.71. The van der Waals surface area contributed by atoms with Crippen LogP contribution in [0.15, 0.2) is 24.3 Å². The number of ketones is 1. The van der Waals surface area contributed by atoms with Crippen molar-refractivity contribution >= 4 is 29.8 Å². The van der Waals surface area contributed by atoms with Crippen molar-refractivity contribution < 1.29 is 9.59 Å². The zero-order chi connectivity index (χ0) is 16.7. The second-order valence-corrected chi connectivity index (χ2v) is 6.10. The highest BCUT2D eigenvalue weighted by molar-refractivity contribution is 6.04. The molecule has 0 radical (unpaired) electrons. The Morgan fingerprint density at radius 3 is 2.54 bits per heavy atom. The van der Waals surface area contributed by atoms with Gasteiger partial charge in [-0.2, -0.15) is 0 Å². The molecule has 2 N–H and O–H groups in total. The molecule has 2 rings (SSSR count). The van der Waals surface area contributed by atoms with E-state index in [1.165, 1.54) is 6.92 Å². The SMILES string of the molecule is CCCN(CC(=O)Nc1ccccc1C(C)=O)C1CCNCC1.Cl. The van der Waals surface area contributed by atoms with E-state index in [0.29, 0.717) is 23.8 Å². The molecule has 0 aromatic heterocycles. The number of Topliss-reactive ketones (excluding diaryl/α,β-unsaturated/α-hetero) is 1. The predicted molar refractivity (Wildman–Crippen MR) is 100 cm³/mol. The lowest BCUT2D eigenvalue weighted by Gasteiger charge is -2.34.